The first-order chi connectivity index (χ1) is 7.48. The number of hydrogen-bond donors (Lipinski definition) is 0. The first-order valence-electron chi connectivity index (χ1n) is 7.11. The van der Waals surface area contributed by atoms with Gasteiger partial charge in [-0.15, -0.1) is 0 Å². The van der Waals surface area contributed by atoms with Crippen molar-refractivity contribution in [2.75, 3.05) is 0 Å². The van der Waals surface area contributed by atoms with Gasteiger partial charge in [-0.25, -0.2) is 0 Å². The van der Waals surface area contributed by atoms with Crippen molar-refractivity contribution >= 4 is 0 Å². The second-order valence-corrected chi connectivity index (χ2v) is 6.15. The minimum absolute atomic E-state index is 0.576. The Morgan fingerprint density at radius 1 is 0.938 bits per heavy atom. The molecule has 0 aliphatic heterocycles. The average molecular weight is 224 g/mol. The van der Waals surface area contributed by atoms with Crippen LogP contribution in [0.3, 0.4) is 0 Å². The molecule has 0 heteroatoms. The third kappa shape index (κ3) is 10.3. The van der Waals surface area contributed by atoms with Crippen molar-refractivity contribution in [1.29, 1.82) is 0 Å². The predicted molar refractivity (Wildman–Crippen MR) is 75.8 cm³/mol. The lowest BCUT2D eigenvalue weighted by atomic mass is 9.82. The molecular weight excluding hydrogens is 192 g/mol. The van der Waals surface area contributed by atoms with E-state index in [0.717, 1.165) is 0 Å². The van der Waals surface area contributed by atoms with Crippen LogP contribution >= 0.6 is 0 Å². The maximum atomic E-state index is 2.43. The van der Waals surface area contributed by atoms with E-state index >= 15 is 0 Å². The summed E-state index contributed by atoms with van der Waals surface area (Å²) < 4.78 is 0. The zero-order valence-corrected chi connectivity index (χ0v) is 12.2. The summed E-state index contributed by atoms with van der Waals surface area (Å²) in [5.41, 5.74) is 2.04. The Hall–Kier alpha value is -0.260. The Labute approximate surface area is 104 Å². The van der Waals surface area contributed by atoms with Crippen molar-refractivity contribution in [2.24, 2.45) is 5.41 Å². The molecule has 0 atom stereocenters. The zero-order valence-electron chi connectivity index (χ0n) is 12.2. The molecule has 0 bridgehead atoms. The van der Waals surface area contributed by atoms with Crippen molar-refractivity contribution < 1.29 is 0 Å². The molecule has 0 fully saturated rings. The van der Waals surface area contributed by atoms with E-state index in [1.165, 1.54) is 56.9 Å². The summed E-state index contributed by atoms with van der Waals surface area (Å²) in [6.07, 6.45) is 13.4. The van der Waals surface area contributed by atoms with E-state index in [1.807, 2.05) is 0 Å². The monoisotopic (exact) mass is 224 g/mol. The quantitative estimate of drug-likeness (QED) is 0.327. The lowest BCUT2D eigenvalue weighted by Crippen LogP contribution is -2.10. The molecule has 0 aliphatic carbocycles. The Bertz CT molecular complexity index is 182. The smallest absolute Gasteiger partial charge is 0.0348 e. The second kappa shape index (κ2) is 8.84. The van der Waals surface area contributed by atoms with Gasteiger partial charge in [-0.1, -0.05) is 58.1 Å². The van der Waals surface area contributed by atoms with Crippen LogP contribution in [0.2, 0.25) is 0 Å². The molecule has 0 rings (SSSR count). The highest BCUT2D eigenvalue weighted by molar-refractivity contribution is 4.92. The fourth-order valence-electron chi connectivity index (χ4n) is 2.10. The highest BCUT2D eigenvalue weighted by atomic mass is 14.2. The number of hydrogen-bond acceptors (Lipinski definition) is 0. The Morgan fingerprint density at radius 3 is 2.12 bits per heavy atom. The molecule has 0 saturated carbocycles. The number of unbranched alkanes of at least 4 members (excludes halogenated alkanes) is 4. The molecule has 0 unspecified atom stereocenters. The van der Waals surface area contributed by atoms with Gasteiger partial charge in [0.1, 0.15) is 0 Å². The minimum atomic E-state index is 0.576. The maximum absolute atomic E-state index is 2.43. The first kappa shape index (κ1) is 15.7. The van der Waals surface area contributed by atoms with E-state index in [1.54, 1.807) is 0 Å². The Balaban J connectivity index is 3.46. The molecule has 0 amide bonds. The minimum Gasteiger partial charge on any atom is -0.0859 e. The summed E-state index contributed by atoms with van der Waals surface area (Å²) in [6.45, 7) is 11.5. The number of rotatable bonds is 9. The second-order valence-electron chi connectivity index (χ2n) is 6.15. The van der Waals surface area contributed by atoms with E-state index in [4.69, 9.17) is 0 Å². The average Bonchev–Trinajstić information content (AvgIpc) is 2.20. The summed E-state index contributed by atoms with van der Waals surface area (Å²) in [5.74, 6) is 0. The van der Waals surface area contributed by atoms with Crippen molar-refractivity contribution in [3.8, 4) is 0 Å². The lowest BCUT2D eigenvalue weighted by Gasteiger charge is -2.24. The van der Waals surface area contributed by atoms with Crippen LogP contribution in [0, 0.1) is 5.41 Å². The van der Waals surface area contributed by atoms with E-state index < -0.39 is 0 Å². The van der Waals surface area contributed by atoms with E-state index in [2.05, 4.69) is 40.7 Å². The van der Waals surface area contributed by atoms with Crippen LogP contribution < -0.4 is 0 Å². The molecule has 0 aliphatic rings. The normalized spacial score (nSPS) is 11.6. The molecule has 0 radical (unpaired) electrons. The van der Waals surface area contributed by atoms with Crippen LogP contribution in [-0.4, -0.2) is 0 Å². The van der Waals surface area contributed by atoms with E-state index in [9.17, 15) is 0 Å². The van der Waals surface area contributed by atoms with Gasteiger partial charge in [0.25, 0.3) is 0 Å². The third-order valence-corrected chi connectivity index (χ3v) is 3.32. The zero-order chi connectivity index (χ0) is 12.4. The van der Waals surface area contributed by atoms with Gasteiger partial charge in [0.2, 0.25) is 0 Å². The molecule has 96 valence electrons. The topological polar surface area (TPSA) is 0 Å². The summed E-state index contributed by atoms with van der Waals surface area (Å²) in [4.78, 5) is 0. The standard InChI is InChI=1S/C16H32/c1-6-7-13-16(4,5)14-11-9-8-10-12-15(2)3/h12H,6-11,13-14H2,1-5H3. The lowest BCUT2D eigenvalue weighted by molar-refractivity contribution is 0.286. The van der Waals surface area contributed by atoms with Gasteiger partial charge in [-0.05, 0) is 44.9 Å². The molecule has 0 spiro atoms. The number of allylic oxidation sites excluding steroid dienone is 2. The van der Waals surface area contributed by atoms with Gasteiger partial charge in [0.05, 0.1) is 0 Å². The molecule has 16 heavy (non-hydrogen) atoms. The van der Waals surface area contributed by atoms with Crippen LogP contribution in [0.25, 0.3) is 0 Å². The molecule has 0 aromatic rings. The van der Waals surface area contributed by atoms with Crippen LogP contribution in [0.1, 0.15) is 86.0 Å². The summed E-state index contributed by atoms with van der Waals surface area (Å²) in [5, 5.41) is 0. The van der Waals surface area contributed by atoms with Crippen LogP contribution in [0.4, 0.5) is 0 Å². The highest BCUT2D eigenvalue weighted by Crippen LogP contribution is 2.29. The SMILES string of the molecule is CCCCC(C)(C)CCCCCC=C(C)C. The van der Waals surface area contributed by atoms with Crippen LogP contribution in [-0.2, 0) is 0 Å². The van der Waals surface area contributed by atoms with Gasteiger partial charge in [0.15, 0.2) is 0 Å². The largest absolute Gasteiger partial charge is 0.0859 e. The molecule has 0 nitrogen and oxygen atoms in total. The van der Waals surface area contributed by atoms with Gasteiger partial charge < -0.3 is 0 Å². The van der Waals surface area contributed by atoms with Crippen molar-refractivity contribution in [3.05, 3.63) is 11.6 Å². The fraction of sp³-hybridized carbons (Fsp3) is 0.875. The fourth-order valence-corrected chi connectivity index (χ4v) is 2.10. The molecular formula is C16H32. The van der Waals surface area contributed by atoms with Crippen LogP contribution in [0.5, 0.6) is 0 Å². The van der Waals surface area contributed by atoms with Crippen LogP contribution in [0.15, 0.2) is 11.6 Å². The van der Waals surface area contributed by atoms with Gasteiger partial charge in [0, 0.05) is 0 Å². The first-order valence-corrected chi connectivity index (χ1v) is 7.11. The van der Waals surface area contributed by atoms with Crippen molar-refractivity contribution in [3.63, 3.8) is 0 Å². The van der Waals surface area contributed by atoms with Gasteiger partial charge >= 0.3 is 0 Å². The van der Waals surface area contributed by atoms with Gasteiger partial charge in [-0.2, -0.15) is 0 Å². The summed E-state index contributed by atoms with van der Waals surface area (Å²) >= 11 is 0. The van der Waals surface area contributed by atoms with E-state index in [-0.39, 0.29) is 0 Å². The van der Waals surface area contributed by atoms with Crippen molar-refractivity contribution in [2.45, 2.75) is 86.0 Å². The summed E-state index contributed by atoms with van der Waals surface area (Å²) in [7, 11) is 0. The molecule has 0 aromatic heterocycles. The predicted octanol–water partition coefficient (Wildman–Crippen LogP) is 6.12. The maximum Gasteiger partial charge on any atom is -0.0348 e. The highest BCUT2D eigenvalue weighted by Gasteiger charge is 2.15. The molecule has 0 saturated heterocycles. The third-order valence-electron chi connectivity index (χ3n) is 3.32. The molecule has 0 N–H and O–H groups in total. The Kier molecular flexibility index (Phi) is 8.70. The van der Waals surface area contributed by atoms with Gasteiger partial charge in [-0.3, -0.25) is 0 Å². The molecule has 0 heterocycles. The van der Waals surface area contributed by atoms with E-state index in [0.29, 0.717) is 5.41 Å². The summed E-state index contributed by atoms with van der Waals surface area (Å²) in [6, 6.07) is 0. The van der Waals surface area contributed by atoms with Crippen molar-refractivity contribution in [1.82, 2.24) is 0 Å². The molecule has 0 aromatic carbocycles. The Morgan fingerprint density at radius 2 is 1.56 bits per heavy atom.